The summed E-state index contributed by atoms with van der Waals surface area (Å²) in [5.74, 6) is -1.43. The van der Waals surface area contributed by atoms with Gasteiger partial charge in [0.05, 0.1) is 17.9 Å². The lowest BCUT2D eigenvalue weighted by Crippen LogP contribution is -2.31. The van der Waals surface area contributed by atoms with Crippen LogP contribution in [0.3, 0.4) is 0 Å². The molecule has 0 aliphatic heterocycles. The van der Waals surface area contributed by atoms with Crippen LogP contribution in [0.15, 0.2) is 0 Å². The molecule has 0 aromatic carbocycles. The van der Waals surface area contributed by atoms with E-state index in [-0.39, 0.29) is 11.8 Å². The molecule has 2 atom stereocenters. The number of rotatable bonds is 1. The molecule has 1 saturated carbocycles. The summed E-state index contributed by atoms with van der Waals surface area (Å²) in [5, 5.41) is 16.7. The van der Waals surface area contributed by atoms with Gasteiger partial charge in [0, 0.05) is 0 Å². The van der Waals surface area contributed by atoms with E-state index in [0.29, 0.717) is 6.42 Å². The molecule has 0 aromatic heterocycles. The van der Waals surface area contributed by atoms with E-state index in [1.165, 1.54) is 0 Å². The summed E-state index contributed by atoms with van der Waals surface area (Å²) in [4.78, 5) is 10.2. The van der Waals surface area contributed by atoms with Gasteiger partial charge in [0.2, 0.25) is 0 Å². The molecular weight excluding hydrogens is 118 g/mol. The van der Waals surface area contributed by atoms with Crippen LogP contribution in [0.5, 0.6) is 0 Å². The zero-order valence-electron chi connectivity index (χ0n) is 4.87. The lowest BCUT2D eigenvalue weighted by atomic mass is 9.75. The first kappa shape index (κ1) is 6.09. The van der Waals surface area contributed by atoms with Gasteiger partial charge in [0.1, 0.15) is 0 Å². The quantitative estimate of drug-likeness (QED) is 0.558. The summed E-state index contributed by atoms with van der Waals surface area (Å²) in [6, 6.07) is 1.95. The summed E-state index contributed by atoms with van der Waals surface area (Å²) < 4.78 is 0. The van der Waals surface area contributed by atoms with Crippen LogP contribution in [0.1, 0.15) is 12.8 Å². The Morgan fingerprint density at radius 1 is 1.67 bits per heavy atom. The summed E-state index contributed by atoms with van der Waals surface area (Å²) in [7, 11) is 0. The van der Waals surface area contributed by atoms with Crippen molar-refractivity contribution < 1.29 is 9.90 Å². The minimum atomic E-state index is -0.826. The molecule has 1 aliphatic rings. The van der Waals surface area contributed by atoms with Crippen molar-refractivity contribution in [1.82, 2.24) is 0 Å². The maximum atomic E-state index is 10.2. The van der Waals surface area contributed by atoms with E-state index in [2.05, 4.69) is 0 Å². The maximum absolute atomic E-state index is 10.2. The topological polar surface area (TPSA) is 61.1 Å². The van der Waals surface area contributed by atoms with Gasteiger partial charge in [-0.05, 0) is 12.8 Å². The van der Waals surface area contributed by atoms with Crippen LogP contribution < -0.4 is 0 Å². The van der Waals surface area contributed by atoms with Crippen molar-refractivity contribution in [2.45, 2.75) is 12.8 Å². The van der Waals surface area contributed by atoms with E-state index in [9.17, 15) is 4.79 Å². The smallest absolute Gasteiger partial charge is 0.307 e. The van der Waals surface area contributed by atoms with E-state index in [1.54, 1.807) is 0 Å². The molecule has 1 rings (SSSR count). The van der Waals surface area contributed by atoms with Crippen molar-refractivity contribution in [2.75, 3.05) is 0 Å². The summed E-state index contributed by atoms with van der Waals surface area (Å²) in [5.41, 5.74) is 0. The average Bonchev–Trinajstić information content (AvgIpc) is 1.61. The first-order valence-electron chi connectivity index (χ1n) is 2.88. The van der Waals surface area contributed by atoms with Gasteiger partial charge in [-0.1, -0.05) is 0 Å². The molecular formula is C6H7NO2. The number of carboxylic acid groups (broad SMARTS) is 1. The molecule has 1 fully saturated rings. The van der Waals surface area contributed by atoms with Crippen LogP contribution in [0, 0.1) is 23.2 Å². The van der Waals surface area contributed by atoms with Crippen molar-refractivity contribution >= 4 is 5.97 Å². The Kier molecular flexibility index (Phi) is 1.39. The highest BCUT2D eigenvalue weighted by Gasteiger charge is 2.36. The number of aliphatic carboxylic acids is 1. The van der Waals surface area contributed by atoms with Crippen molar-refractivity contribution in [1.29, 1.82) is 5.26 Å². The fourth-order valence-corrected chi connectivity index (χ4v) is 0.950. The van der Waals surface area contributed by atoms with Gasteiger partial charge in [-0.2, -0.15) is 5.26 Å². The molecule has 9 heavy (non-hydrogen) atoms. The molecule has 0 amide bonds. The van der Waals surface area contributed by atoms with Crippen LogP contribution in [-0.2, 0) is 4.79 Å². The Labute approximate surface area is 52.9 Å². The molecule has 0 saturated heterocycles. The van der Waals surface area contributed by atoms with Gasteiger partial charge < -0.3 is 5.11 Å². The van der Waals surface area contributed by atoms with Crippen molar-refractivity contribution in [2.24, 2.45) is 11.8 Å². The second-order valence-corrected chi connectivity index (χ2v) is 2.26. The number of hydrogen-bond donors (Lipinski definition) is 1. The first-order chi connectivity index (χ1) is 4.25. The minimum absolute atomic E-state index is 0.220. The van der Waals surface area contributed by atoms with Gasteiger partial charge in [0.15, 0.2) is 0 Å². The van der Waals surface area contributed by atoms with Gasteiger partial charge in [-0.15, -0.1) is 0 Å². The van der Waals surface area contributed by atoms with Crippen LogP contribution in [0.2, 0.25) is 0 Å². The van der Waals surface area contributed by atoms with Crippen molar-refractivity contribution in [3.8, 4) is 6.07 Å². The Bertz CT molecular complexity index is 170. The minimum Gasteiger partial charge on any atom is -0.481 e. The molecule has 0 aromatic rings. The molecule has 0 heterocycles. The zero-order valence-corrected chi connectivity index (χ0v) is 4.87. The van der Waals surface area contributed by atoms with Crippen LogP contribution in [0.25, 0.3) is 0 Å². The predicted octanol–water partition coefficient (Wildman–Crippen LogP) is 0.621. The molecule has 0 bridgehead atoms. The highest BCUT2D eigenvalue weighted by Crippen LogP contribution is 2.33. The predicted molar refractivity (Wildman–Crippen MR) is 29.5 cm³/mol. The van der Waals surface area contributed by atoms with E-state index in [1.807, 2.05) is 6.07 Å². The number of nitrogens with zero attached hydrogens (tertiary/aromatic N) is 1. The van der Waals surface area contributed by atoms with E-state index < -0.39 is 5.97 Å². The third-order valence-electron chi connectivity index (χ3n) is 1.76. The molecule has 0 unspecified atom stereocenters. The molecule has 3 nitrogen and oxygen atoms in total. The zero-order chi connectivity index (χ0) is 6.85. The fourth-order valence-electron chi connectivity index (χ4n) is 0.950. The van der Waals surface area contributed by atoms with E-state index >= 15 is 0 Å². The second kappa shape index (κ2) is 2.06. The fraction of sp³-hybridized carbons (Fsp3) is 0.667. The van der Waals surface area contributed by atoms with Crippen molar-refractivity contribution in [3.05, 3.63) is 0 Å². The Morgan fingerprint density at radius 2 is 2.33 bits per heavy atom. The van der Waals surface area contributed by atoms with E-state index in [4.69, 9.17) is 10.4 Å². The molecule has 0 radical (unpaired) electrons. The Balaban J connectivity index is 2.47. The largest absolute Gasteiger partial charge is 0.481 e. The number of nitriles is 1. The number of carboxylic acids is 1. The third-order valence-corrected chi connectivity index (χ3v) is 1.76. The maximum Gasteiger partial charge on any atom is 0.307 e. The van der Waals surface area contributed by atoms with Gasteiger partial charge in [0.25, 0.3) is 0 Å². The highest BCUT2D eigenvalue weighted by molar-refractivity contribution is 5.71. The van der Waals surface area contributed by atoms with Gasteiger partial charge >= 0.3 is 5.97 Å². The molecule has 48 valence electrons. The van der Waals surface area contributed by atoms with Crippen molar-refractivity contribution in [3.63, 3.8) is 0 Å². The monoisotopic (exact) mass is 125 g/mol. The molecule has 3 heteroatoms. The SMILES string of the molecule is N#C[C@@H]1CC[C@H]1C(=O)O. The summed E-state index contributed by atoms with van der Waals surface area (Å²) in [6.45, 7) is 0. The number of carbonyl (C=O) groups is 1. The van der Waals surface area contributed by atoms with E-state index in [0.717, 1.165) is 6.42 Å². The molecule has 0 spiro atoms. The second-order valence-electron chi connectivity index (χ2n) is 2.26. The molecule has 1 N–H and O–H groups in total. The summed E-state index contributed by atoms with van der Waals surface area (Å²) in [6.07, 6.45) is 1.43. The lowest BCUT2D eigenvalue weighted by Gasteiger charge is -2.26. The van der Waals surface area contributed by atoms with Crippen LogP contribution in [-0.4, -0.2) is 11.1 Å². The molecule has 1 aliphatic carbocycles. The van der Waals surface area contributed by atoms with Gasteiger partial charge in [-0.25, -0.2) is 0 Å². The van der Waals surface area contributed by atoms with Crippen LogP contribution in [0.4, 0.5) is 0 Å². The normalized spacial score (nSPS) is 32.3. The van der Waals surface area contributed by atoms with Crippen LogP contribution >= 0.6 is 0 Å². The number of hydrogen-bond acceptors (Lipinski definition) is 2. The Morgan fingerprint density at radius 3 is 2.44 bits per heavy atom. The first-order valence-corrected chi connectivity index (χ1v) is 2.88. The van der Waals surface area contributed by atoms with Gasteiger partial charge in [-0.3, -0.25) is 4.79 Å². The standard InChI is InChI=1S/C6H7NO2/c7-3-4-1-2-5(4)6(8)9/h4-5H,1-2H2,(H,8,9)/t4-,5+/m0/s1. The average molecular weight is 125 g/mol. The summed E-state index contributed by atoms with van der Waals surface area (Å²) >= 11 is 0. The third kappa shape index (κ3) is 0.879. The Hall–Kier alpha value is -1.04. The highest BCUT2D eigenvalue weighted by atomic mass is 16.4. The lowest BCUT2D eigenvalue weighted by molar-refractivity contribution is -0.146.